The van der Waals surface area contributed by atoms with Crippen molar-refractivity contribution >= 4 is 28.6 Å². The highest BCUT2D eigenvalue weighted by Crippen LogP contribution is 2.21. The molecule has 0 unspecified atom stereocenters. The van der Waals surface area contributed by atoms with E-state index in [0.29, 0.717) is 34.8 Å². The lowest BCUT2D eigenvalue weighted by molar-refractivity contribution is -0.118. The number of fused-ring (bicyclic) bond motifs is 1. The Morgan fingerprint density at radius 2 is 1.91 bits per heavy atom. The fraction of sp³-hybridized carbons (Fsp3) is 0.200. The summed E-state index contributed by atoms with van der Waals surface area (Å²) in [6, 6.07) is 18.6. The number of carbonyl (C=O) groups excluding carboxylic acids is 1. The average Bonchev–Trinajstić information content (AvgIpc) is 2.83. The molecular weight excluding hydrogens is 436 g/mol. The van der Waals surface area contributed by atoms with Crippen LogP contribution in [0.1, 0.15) is 11.1 Å². The number of aromatic nitrogens is 3. The molecule has 7 nitrogen and oxygen atoms in total. The summed E-state index contributed by atoms with van der Waals surface area (Å²) >= 11 is 1.22. The fourth-order valence-electron chi connectivity index (χ4n) is 3.37. The second-order valence-corrected chi connectivity index (χ2v) is 8.42. The lowest BCUT2D eigenvalue weighted by Crippen LogP contribution is -2.28. The molecule has 0 spiro atoms. The van der Waals surface area contributed by atoms with Gasteiger partial charge in [-0.25, -0.2) is 14.5 Å². The first-order chi connectivity index (χ1) is 16.0. The van der Waals surface area contributed by atoms with Gasteiger partial charge in [0.15, 0.2) is 5.16 Å². The number of amides is 1. The normalized spacial score (nSPS) is 10.8. The number of benzene rings is 2. The summed E-state index contributed by atoms with van der Waals surface area (Å²) in [6.45, 7) is 2.46. The van der Waals surface area contributed by atoms with Crippen molar-refractivity contribution in [3.05, 3.63) is 88.3 Å². The van der Waals surface area contributed by atoms with E-state index in [2.05, 4.69) is 15.3 Å². The molecule has 2 aromatic heterocycles. The number of pyridine rings is 1. The van der Waals surface area contributed by atoms with Gasteiger partial charge in [-0.1, -0.05) is 36.0 Å². The molecule has 0 aliphatic carbocycles. The van der Waals surface area contributed by atoms with E-state index in [0.717, 1.165) is 16.9 Å². The van der Waals surface area contributed by atoms with Crippen LogP contribution < -0.4 is 15.6 Å². The molecule has 33 heavy (non-hydrogen) atoms. The summed E-state index contributed by atoms with van der Waals surface area (Å²) in [7, 11) is 1.63. The van der Waals surface area contributed by atoms with Crippen molar-refractivity contribution in [1.82, 2.24) is 19.9 Å². The summed E-state index contributed by atoms with van der Waals surface area (Å²) in [6.07, 6.45) is 2.37. The minimum absolute atomic E-state index is 0.125. The molecule has 0 atom stereocenters. The summed E-state index contributed by atoms with van der Waals surface area (Å²) in [5, 5.41) is 3.87. The quantitative estimate of drug-likeness (QED) is 0.320. The first kappa shape index (κ1) is 22.5. The first-order valence-corrected chi connectivity index (χ1v) is 11.5. The van der Waals surface area contributed by atoms with Gasteiger partial charge in [-0.05, 0) is 60.9 Å². The molecule has 0 aliphatic rings. The Morgan fingerprint density at radius 1 is 1.12 bits per heavy atom. The van der Waals surface area contributed by atoms with E-state index in [-0.39, 0.29) is 17.2 Å². The number of carbonyl (C=O) groups is 1. The first-order valence-electron chi connectivity index (χ1n) is 10.5. The van der Waals surface area contributed by atoms with Crippen LogP contribution in [0.2, 0.25) is 0 Å². The van der Waals surface area contributed by atoms with Crippen molar-refractivity contribution < 1.29 is 9.53 Å². The second-order valence-electron chi connectivity index (χ2n) is 7.48. The Bertz CT molecular complexity index is 1340. The van der Waals surface area contributed by atoms with Crippen molar-refractivity contribution in [2.24, 2.45) is 0 Å². The molecule has 1 amide bonds. The summed E-state index contributed by atoms with van der Waals surface area (Å²) < 4.78 is 6.64. The van der Waals surface area contributed by atoms with Crippen LogP contribution >= 0.6 is 11.8 Å². The van der Waals surface area contributed by atoms with Crippen LogP contribution in [-0.2, 0) is 11.2 Å². The standard InChI is InChI=1S/C25H24N4O3S/c1-17-11-13-26-22(15-17)29-24(31)20-5-3-4-6-21(20)28-25(29)33-16-23(30)27-14-12-18-7-9-19(32-2)10-8-18/h3-11,13,15H,12,14,16H2,1-2H3,(H,27,30). The maximum Gasteiger partial charge on any atom is 0.267 e. The molecule has 0 bridgehead atoms. The van der Waals surface area contributed by atoms with Gasteiger partial charge in [-0.15, -0.1) is 0 Å². The number of aryl methyl sites for hydroxylation is 1. The zero-order valence-electron chi connectivity index (χ0n) is 18.4. The average molecular weight is 461 g/mol. The van der Waals surface area contributed by atoms with Gasteiger partial charge < -0.3 is 10.1 Å². The Labute approximate surface area is 195 Å². The van der Waals surface area contributed by atoms with Crippen molar-refractivity contribution in [2.75, 3.05) is 19.4 Å². The van der Waals surface area contributed by atoms with Crippen molar-refractivity contribution in [2.45, 2.75) is 18.5 Å². The van der Waals surface area contributed by atoms with Crippen LogP contribution in [0.3, 0.4) is 0 Å². The molecule has 4 aromatic rings. The number of ether oxygens (including phenoxy) is 1. The second kappa shape index (κ2) is 10.3. The number of nitrogens with one attached hydrogen (secondary N) is 1. The summed E-state index contributed by atoms with van der Waals surface area (Å²) in [5.74, 6) is 1.30. The third-order valence-corrected chi connectivity index (χ3v) is 6.04. The zero-order valence-corrected chi connectivity index (χ0v) is 19.3. The third-order valence-electron chi connectivity index (χ3n) is 5.10. The largest absolute Gasteiger partial charge is 0.497 e. The fourth-order valence-corrected chi connectivity index (χ4v) is 4.20. The Balaban J connectivity index is 1.48. The van der Waals surface area contributed by atoms with Gasteiger partial charge >= 0.3 is 0 Å². The van der Waals surface area contributed by atoms with Crippen LogP contribution in [0, 0.1) is 6.92 Å². The van der Waals surface area contributed by atoms with E-state index in [1.54, 1.807) is 25.4 Å². The van der Waals surface area contributed by atoms with E-state index in [9.17, 15) is 9.59 Å². The molecule has 1 N–H and O–H groups in total. The third kappa shape index (κ3) is 5.40. The molecule has 0 aliphatic heterocycles. The number of rotatable bonds is 8. The predicted molar refractivity (Wildman–Crippen MR) is 130 cm³/mol. The SMILES string of the molecule is COc1ccc(CCNC(=O)CSc2nc3ccccc3c(=O)n2-c2cc(C)ccn2)cc1. The van der Waals surface area contributed by atoms with Gasteiger partial charge in [0.2, 0.25) is 5.91 Å². The Kier molecular flexibility index (Phi) is 7.04. The van der Waals surface area contributed by atoms with Gasteiger partial charge in [-0.3, -0.25) is 9.59 Å². The zero-order chi connectivity index (χ0) is 23.2. The lowest BCUT2D eigenvalue weighted by atomic mass is 10.1. The minimum Gasteiger partial charge on any atom is -0.497 e. The summed E-state index contributed by atoms with van der Waals surface area (Å²) in [5.41, 5.74) is 2.47. The molecule has 0 saturated heterocycles. The highest BCUT2D eigenvalue weighted by atomic mass is 32.2. The maximum absolute atomic E-state index is 13.2. The summed E-state index contributed by atoms with van der Waals surface area (Å²) in [4.78, 5) is 34.7. The number of para-hydroxylation sites is 1. The van der Waals surface area contributed by atoms with Crippen LogP contribution in [-0.4, -0.2) is 39.8 Å². The van der Waals surface area contributed by atoms with Gasteiger partial charge in [0, 0.05) is 12.7 Å². The molecule has 0 radical (unpaired) electrons. The molecule has 2 aromatic carbocycles. The van der Waals surface area contributed by atoms with E-state index in [4.69, 9.17) is 4.74 Å². The Hall–Kier alpha value is -3.65. The molecular formula is C25H24N4O3S. The van der Waals surface area contributed by atoms with Crippen molar-refractivity contribution in [3.8, 4) is 11.6 Å². The number of nitrogens with zero attached hydrogens (tertiary/aromatic N) is 3. The highest BCUT2D eigenvalue weighted by molar-refractivity contribution is 7.99. The van der Waals surface area contributed by atoms with Gasteiger partial charge in [0.1, 0.15) is 11.6 Å². The van der Waals surface area contributed by atoms with Crippen molar-refractivity contribution in [1.29, 1.82) is 0 Å². The molecule has 168 valence electrons. The monoisotopic (exact) mass is 460 g/mol. The topological polar surface area (TPSA) is 86.1 Å². The van der Waals surface area contributed by atoms with E-state index >= 15 is 0 Å². The molecule has 4 rings (SSSR count). The maximum atomic E-state index is 13.2. The van der Waals surface area contributed by atoms with E-state index < -0.39 is 0 Å². The smallest absolute Gasteiger partial charge is 0.267 e. The molecule has 8 heteroatoms. The van der Waals surface area contributed by atoms with E-state index in [1.807, 2.05) is 55.5 Å². The number of hydrogen-bond acceptors (Lipinski definition) is 6. The molecule has 0 fully saturated rings. The van der Waals surface area contributed by atoms with E-state index in [1.165, 1.54) is 16.3 Å². The van der Waals surface area contributed by atoms with Gasteiger partial charge in [0.25, 0.3) is 5.56 Å². The van der Waals surface area contributed by atoms with Crippen molar-refractivity contribution in [3.63, 3.8) is 0 Å². The predicted octanol–water partition coefficient (Wildman–Crippen LogP) is 3.55. The van der Waals surface area contributed by atoms with Crippen LogP contribution in [0.25, 0.3) is 16.7 Å². The van der Waals surface area contributed by atoms with Crippen LogP contribution in [0.5, 0.6) is 5.75 Å². The number of methoxy groups -OCH3 is 1. The highest BCUT2D eigenvalue weighted by Gasteiger charge is 2.15. The van der Waals surface area contributed by atoms with Crippen LogP contribution in [0.4, 0.5) is 0 Å². The Morgan fingerprint density at radius 3 is 2.67 bits per heavy atom. The molecule has 0 saturated carbocycles. The number of hydrogen-bond donors (Lipinski definition) is 1. The van der Waals surface area contributed by atoms with Gasteiger partial charge in [-0.2, -0.15) is 0 Å². The number of thioether (sulfide) groups is 1. The van der Waals surface area contributed by atoms with Crippen LogP contribution in [0.15, 0.2) is 76.8 Å². The van der Waals surface area contributed by atoms with Gasteiger partial charge in [0.05, 0.1) is 23.8 Å². The molecule has 2 heterocycles. The minimum atomic E-state index is -0.207. The lowest BCUT2D eigenvalue weighted by Gasteiger charge is -2.13.